The Morgan fingerprint density at radius 3 is 2.27 bits per heavy atom. The first kappa shape index (κ1) is 23.4. The monoisotopic (exact) mass is 408 g/mol. The van der Waals surface area contributed by atoms with Crippen LogP contribution in [0.2, 0.25) is 0 Å². The Hall–Kier alpha value is -2.88. The van der Waals surface area contributed by atoms with Crippen LogP contribution in [0.15, 0.2) is 68.4 Å². The Bertz CT molecular complexity index is 1030. The minimum atomic E-state index is -0.618. The molecule has 0 aliphatic carbocycles. The van der Waals surface area contributed by atoms with E-state index in [1.54, 1.807) is 18.2 Å². The molecule has 0 aliphatic rings. The molecule has 0 saturated carbocycles. The quantitative estimate of drug-likeness (QED) is 0.247. The van der Waals surface area contributed by atoms with Gasteiger partial charge in [-0.2, -0.15) is 0 Å². The van der Waals surface area contributed by atoms with E-state index in [4.69, 9.17) is 9.15 Å². The van der Waals surface area contributed by atoms with Gasteiger partial charge in [0, 0.05) is 11.5 Å². The molecule has 1 aromatic heterocycles. The summed E-state index contributed by atoms with van der Waals surface area (Å²) in [6.45, 7) is 10.4. The third-order valence-electron chi connectivity index (χ3n) is 4.89. The summed E-state index contributed by atoms with van der Waals surface area (Å²) in [4.78, 5) is 23.3. The number of carbonyl (C=O) groups excluding carboxylic acids is 1. The molecule has 2 aromatic rings. The summed E-state index contributed by atoms with van der Waals surface area (Å²) < 4.78 is 11.0. The summed E-state index contributed by atoms with van der Waals surface area (Å²) in [5, 5.41) is 0.700. The summed E-state index contributed by atoms with van der Waals surface area (Å²) >= 11 is 0. The average molecular weight is 409 g/mol. The third-order valence-corrected chi connectivity index (χ3v) is 4.89. The zero-order valence-electron chi connectivity index (χ0n) is 18.7. The summed E-state index contributed by atoms with van der Waals surface area (Å²) in [5.41, 5.74) is 3.94. The van der Waals surface area contributed by atoms with Crippen molar-refractivity contribution in [2.75, 3.05) is 6.61 Å². The minimum absolute atomic E-state index is 0.0657. The summed E-state index contributed by atoms with van der Waals surface area (Å²) in [5.74, 6) is 0.324. The average Bonchev–Trinajstić information content (AvgIpc) is 2.66. The van der Waals surface area contributed by atoms with E-state index in [1.165, 1.54) is 23.6 Å². The topological polar surface area (TPSA) is 56.5 Å². The molecule has 160 valence electrons. The van der Waals surface area contributed by atoms with Gasteiger partial charge < -0.3 is 9.15 Å². The van der Waals surface area contributed by atoms with E-state index >= 15 is 0 Å². The number of hydrogen-bond donors (Lipinski definition) is 0. The molecule has 1 heterocycles. The molecule has 0 unspecified atom stereocenters. The number of ether oxygens (including phenoxy) is 1. The normalized spacial score (nSPS) is 12.2. The number of rotatable bonds is 10. The van der Waals surface area contributed by atoms with Crippen molar-refractivity contribution in [1.29, 1.82) is 0 Å². The Morgan fingerprint density at radius 1 is 0.933 bits per heavy atom. The van der Waals surface area contributed by atoms with E-state index in [1.807, 2.05) is 6.07 Å². The second-order valence-electron chi connectivity index (χ2n) is 7.97. The number of fused-ring (bicyclic) bond motifs is 1. The molecular formula is C26H32O4. The Morgan fingerprint density at radius 2 is 1.60 bits per heavy atom. The molecule has 0 bridgehead atoms. The molecule has 4 nitrogen and oxygen atoms in total. The lowest BCUT2D eigenvalue weighted by molar-refractivity contribution is 0.101. The predicted molar refractivity (Wildman–Crippen MR) is 123 cm³/mol. The first-order valence-corrected chi connectivity index (χ1v) is 10.4. The van der Waals surface area contributed by atoms with Crippen LogP contribution in [0, 0.1) is 0 Å². The van der Waals surface area contributed by atoms with Crippen LogP contribution in [-0.4, -0.2) is 12.4 Å². The van der Waals surface area contributed by atoms with Crippen LogP contribution >= 0.6 is 0 Å². The molecule has 30 heavy (non-hydrogen) atoms. The SMILES string of the molecule is CC(=O)c1cc2ccc(OCC=C(C)CCC=C(C)CCC=C(C)C)cc2oc1=O. The van der Waals surface area contributed by atoms with Gasteiger partial charge in [0.25, 0.3) is 0 Å². The number of hydrogen-bond acceptors (Lipinski definition) is 4. The highest BCUT2D eigenvalue weighted by atomic mass is 16.5. The molecule has 0 saturated heterocycles. The van der Waals surface area contributed by atoms with Gasteiger partial charge in [-0.15, -0.1) is 0 Å². The van der Waals surface area contributed by atoms with Gasteiger partial charge in [0.2, 0.25) is 0 Å². The van der Waals surface area contributed by atoms with Crippen LogP contribution in [0.5, 0.6) is 5.75 Å². The van der Waals surface area contributed by atoms with Gasteiger partial charge in [-0.05, 0) is 84.6 Å². The number of benzene rings is 1. The standard InChI is InChI=1S/C26H32O4/c1-18(2)8-6-9-19(3)10-7-11-20(4)14-15-29-23-13-12-22-16-24(21(5)27)26(28)30-25(22)17-23/h8,10,12-14,16-17H,6-7,9,11,15H2,1-5H3. The maximum absolute atomic E-state index is 11.9. The maximum Gasteiger partial charge on any atom is 0.347 e. The maximum atomic E-state index is 11.9. The van der Waals surface area contributed by atoms with E-state index in [0.717, 1.165) is 25.7 Å². The second-order valence-corrected chi connectivity index (χ2v) is 7.97. The summed E-state index contributed by atoms with van der Waals surface area (Å²) in [6, 6.07) is 6.85. The zero-order valence-corrected chi connectivity index (χ0v) is 18.7. The Labute approximate surface area is 178 Å². The van der Waals surface area contributed by atoms with Crippen molar-refractivity contribution in [2.24, 2.45) is 0 Å². The van der Waals surface area contributed by atoms with Crippen LogP contribution in [-0.2, 0) is 0 Å². The van der Waals surface area contributed by atoms with Crippen molar-refractivity contribution in [1.82, 2.24) is 0 Å². The predicted octanol–water partition coefficient (Wildman–Crippen LogP) is 6.79. The van der Waals surface area contributed by atoms with E-state index < -0.39 is 5.63 Å². The van der Waals surface area contributed by atoms with Crippen molar-refractivity contribution < 1.29 is 13.9 Å². The molecule has 0 atom stereocenters. The van der Waals surface area contributed by atoms with Crippen molar-refractivity contribution in [2.45, 2.75) is 60.3 Å². The van der Waals surface area contributed by atoms with Crippen LogP contribution in [0.1, 0.15) is 70.7 Å². The molecule has 0 N–H and O–H groups in total. The lowest BCUT2D eigenvalue weighted by atomic mass is 10.1. The van der Waals surface area contributed by atoms with E-state index in [0.29, 0.717) is 23.3 Å². The smallest absolute Gasteiger partial charge is 0.347 e. The summed E-state index contributed by atoms with van der Waals surface area (Å²) in [7, 11) is 0. The number of allylic oxidation sites excluding steroid dienone is 5. The van der Waals surface area contributed by atoms with Gasteiger partial charge in [0.15, 0.2) is 5.78 Å². The van der Waals surface area contributed by atoms with E-state index in [9.17, 15) is 9.59 Å². The van der Waals surface area contributed by atoms with Gasteiger partial charge >= 0.3 is 5.63 Å². The molecule has 2 rings (SSSR count). The number of carbonyl (C=O) groups is 1. The van der Waals surface area contributed by atoms with Gasteiger partial charge in [0.1, 0.15) is 23.5 Å². The lowest BCUT2D eigenvalue weighted by Gasteiger charge is -2.06. The molecule has 0 aliphatic heterocycles. The molecule has 4 heteroatoms. The van der Waals surface area contributed by atoms with Crippen molar-refractivity contribution in [3.05, 3.63) is 75.2 Å². The van der Waals surface area contributed by atoms with Gasteiger partial charge in [-0.1, -0.05) is 28.9 Å². The first-order valence-electron chi connectivity index (χ1n) is 10.4. The lowest BCUT2D eigenvalue weighted by Crippen LogP contribution is -2.10. The molecular weight excluding hydrogens is 376 g/mol. The summed E-state index contributed by atoms with van der Waals surface area (Å²) in [6.07, 6.45) is 10.9. The zero-order chi connectivity index (χ0) is 22.1. The second kappa shape index (κ2) is 11.3. The van der Waals surface area contributed by atoms with Crippen molar-refractivity contribution >= 4 is 16.8 Å². The highest BCUT2D eigenvalue weighted by Gasteiger charge is 2.10. The highest BCUT2D eigenvalue weighted by Crippen LogP contribution is 2.21. The number of ketones is 1. The van der Waals surface area contributed by atoms with Gasteiger partial charge in [-0.3, -0.25) is 4.79 Å². The molecule has 0 fully saturated rings. The largest absolute Gasteiger partial charge is 0.489 e. The Kier molecular flexibility index (Phi) is 8.85. The van der Waals surface area contributed by atoms with Crippen LogP contribution < -0.4 is 10.4 Å². The molecule has 0 amide bonds. The van der Waals surface area contributed by atoms with Gasteiger partial charge in [-0.25, -0.2) is 4.79 Å². The number of Topliss-reactive ketones (excluding diaryl/α,β-unsaturated/α-hetero) is 1. The van der Waals surface area contributed by atoms with Gasteiger partial charge in [0.05, 0.1) is 0 Å². The molecule has 0 spiro atoms. The van der Waals surface area contributed by atoms with Crippen molar-refractivity contribution in [3.63, 3.8) is 0 Å². The fourth-order valence-corrected chi connectivity index (χ4v) is 3.05. The fourth-order valence-electron chi connectivity index (χ4n) is 3.05. The van der Waals surface area contributed by atoms with Crippen molar-refractivity contribution in [3.8, 4) is 5.75 Å². The van der Waals surface area contributed by atoms with Crippen LogP contribution in [0.3, 0.4) is 0 Å². The molecule has 1 aromatic carbocycles. The Balaban J connectivity index is 1.87. The minimum Gasteiger partial charge on any atom is -0.489 e. The third kappa shape index (κ3) is 7.51. The van der Waals surface area contributed by atoms with Crippen LogP contribution in [0.25, 0.3) is 11.0 Å². The highest BCUT2D eigenvalue weighted by molar-refractivity contribution is 5.96. The first-order chi connectivity index (χ1) is 14.3. The van der Waals surface area contributed by atoms with E-state index in [-0.39, 0.29) is 11.3 Å². The fraction of sp³-hybridized carbons (Fsp3) is 0.385. The van der Waals surface area contributed by atoms with Crippen LogP contribution in [0.4, 0.5) is 0 Å². The van der Waals surface area contributed by atoms with E-state index in [2.05, 4.69) is 45.9 Å². The molecule has 0 radical (unpaired) electrons.